The van der Waals surface area contributed by atoms with E-state index in [-0.39, 0.29) is 17.7 Å². The van der Waals surface area contributed by atoms with Gasteiger partial charge in [0.15, 0.2) is 0 Å². The minimum absolute atomic E-state index is 0.285. The molecule has 5 heteroatoms. The Morgan fingerprint density at radius 3 is 2.05 bits per heavy atom. The van der Waals surface area contributed by atoms with Crippen molar-refractivity contribution in [2.45, 2.75) is 5.92 Å². The summed E-state index contributed by atoms with van der Waals surface area (Å²) in [5.74, 6) is -3.46. The Balaban J connectivity index is 1.35. The van der Waals surface area contributed by atoms with Gasteiger partial charge in [-0.05, 0) is 28.0 Å². The largest absolute Gasteiger partial charge is 0.425 e. The first kappa shape index (κ1) is 22.9. The standard InChI is InChI=1S/C35H23NO4/c37-33-29-26(21-9-2-1-3-10-21)19-27-25-18-17-22-12-5-7-15-24(22)32(25)40-35(39)30(27)31(29)34(38)36(33)28-16-8-13-20-11-4-6-14-23(20)28/h1-19,26,29-31H/t26-,29+,30+,31+/m1/s1. The highest BCUT2D eigenvalue weighted by molar-refractivity contribution is 6.27. The van der Waals surface area contributed by atoms with E-state index < -0.39 is 23.7 Å². The minimum Gasteiger partial charge on any atom is -0.425 e. The number of carbonyl (C=O) groups excluding carboxylic acids is 3. The van der Waals surface area contributed by atoms with E-state index >= 15 is 0 Å². The second-order valence-electron chi connectivity index (χ2n) is 10.7. The maximum absolute atomic E-state index is 14.4. The van der Waals surface area contributed by atoms with E-state index in [1.165, 1.54) is 4.90 Å². The van der Waals surface area contributed by atoms with Gasteiger partial charge in [0.05, 0.1) is 23.4 Å². The number of allylic oxidation sites excluding steroid dienone is 1. The molecule has 0 spiro atoms. The average molecular weight is 522 g/mol. The smallest absolute Gasteiger partial charge is 0.319 e. The van der Waals surface area contributed by atoms with Crippen LogP contribution in [0.15, 0.2) is 115 Å². The van der Waals surface area contributed by atoms with E-state index in [9.17, 15) is 14.4 Å². The Labute approximate surface area is 230 Å². The molecule has 0 N–H and O–H groups in total. The fraction of sp³-hybridized carbons (Fsp3) is 0.114. The highest BCUT2D eigenvalue weighted by Crippen LogP contribution is 2.55. The number of anilines is 1. The first-order valence-corrected chi connectivity index (χ1v) is 13.5. The van der Waals surface area contributed by atoms with Gasteiger partial charge in [-0.1, -0.05) is 109 Å². The van der Waals surface area contributed by atoms with Gasteiger partial charge in [0, 0.05) is 22.3 Å². The molecule has 0 bridgehead atoms. The normalized spacial score (nSPS) is 23.4. The van der Waals surface area contributed by atoms with Gasteiger partial charge in [-0.25, -0.2) is 4.90 Å². The minimum atomic E-state index is -0.871. The third-order valence-corrected chi connectivity index (χ3v) is 8.68. The quantitative estimate of drug-likeness (QED) is 0.151. The molecule has 192 valence electrons. The summed E-state index contributed by atoms with van der Waals surface area (Å²) in [5, 5.41) is 3.57. The molecule has 1 fully saturated rings. The summed E-state index contributed by atoms with van der Waals surface area (Å²) in [4.78, 5) is 43.8. The Morgan fingerprint density at radius 2 is 1.25 bits per heavy atom. The number of hydrogen-bond donors (Lipinski definition) is 0. The number of amides is 2. The number of rotatable bonds is 2. The van der Waals surface area contributed by atoms with Crippen LogP contribution in [0.4, 0.5) is 5.69 Å². The number of esters is 1. The summed E-state index contributed by atoms with van der Waals surface area (Å²) in [6, 6.07) is 34.9. The summed E-state index contributed by atoms with van der Waals surface area (Å²) >= 11 is 0. The fourth-order valence-corrected chi connectivity index (χ4v) is 6.93. The molecule has 8 rings (SSSR count). The highest BCUT2D eigenvalue weighted by Gasteiger charge is 2.60. The first-order valence-electron chi connectivity index (χ1n) is 13.5. The molecule has 0 unspecified atom stereocenters. The number of ether oxygens (including phenoxy) is 1. The van der Waals surface area contributed by atoms with Crippen LogP contribution in [-0.2, 0) is 14.4 Å². The lowest BCUT2D eigenvalue weighted by atomic mass is 9.64. The fourth-order valence-electron chi connectivity index (χ4n) is 6.93. The summed E-state index contributed by atoms with van der Waals surface area (Å²) in [6.07, 6.45) is 2.03. The van der Waals surface area contributed by atoms with E-state index in [4.69, 9.17) is 4.74 Å². The van der Waals surface area contributed by atoms with Crippen molar-refractivity contribution in [3.8, 4) is 5.75 Å². The third kappa shape index (κ3) is 3.12. The predicted molar refractivity (Wildman–Crippen MR) is 154 cm³/mol. The van der Waals surface area contributed by atoms with Crippen molar-refractivity contribution in [1.29, 1.82) is 0 Å². The van der Waals surface area contributed by atoms with Gasteiger partial charge in [-0.15, -0.1) is 0 Å². The van der Waals surface area contributed by atoms with Gasteiger partial charge in [0.1, 0.15) is 5.75 Å². The molecule has 5 aromatic rings. The molecule has 0 aromatic heterocycles. The summed E-state index contributed by atoms with van der Waals surface area (Å²) in [7, 11) is 0. The lowest BCUT2D eigenvalue weighted by Crippen LogP contribution is -2.42. The summed E-state index contributed by atoms with van der Waals surface area (Å²) in [5.41, 5.74) is 3.04. The van der Waals surface area contributed by atoms with Crippen LogP contribution >= 0.6 is 0 Å². The van der Waals surface area contributed by atoms with E-state index in [0.717, 1.165) is 38.2 Å². The molecule has 2 amide bonds. The molecule has 40 heavy (non-hydrogen) atoms. The maximum atomic E-state index is 14.4. The first-order chi connectivity index (χ1) is 19.6. The zero-order chi connectivity index (χ0) is 27.0. The molecule has 2 aliphatic heterocycles. The lowest BCUT2D eigenvalue weighted by molar-refractivity contribution is -0.142. The maximum Gasteiger partial charge on any atom is 0.319 e. The van der Waals surface area contributed by atoms with Gasteiger partial charge >= 0.3 is 5.97 Å². The lowest BCUT2D eigenvalue weighted by Gasteiger charge is -2.38. The summed E-state index contributed by atoms with van der Waals surface area (Å²) in [6.45, 7) is 0. The molecule has 4 atom stereocenters. The van der Waals surface area contributed by atoms with Crippen molar-refractivity contribution in [2.24, 2.45) is 17.8 Å². The Morgan fingerprint density at radius 1 is 0.600 bits per heavy atom. The molecule has 0 saturated carbocycles. The van der Waals surface area contributed by atoms with Gasteiger partial charge < -0.3 is 4.74 Å². The van der Waals surface area contributed by atoms with E-state index in [2.05, 4.69) is 0 Å². The molecule has 0 radical (unpaired) electrons. The average Bonchev–Trinajstić information content (AvgIpc) is 3.26. The number of imide groups is 1. The van der Waals surface area contributed by atoms with Crippen LogP contribution in [0.5, 0.6) is 5.75 Å². The molecule has 5 aromatic carbocycles. The zero-order valence-corrected chi connectivity index (χ0v) is 21.4. The van der Waals surface area contributed by atoms with Crippen molar-refractivity contribution in [3.05, 3.63) is 126 Å². The number of nitrogens with zero attached hydrogens (tertiary/aromatic N) is 1. The SMILES string of the molecule is O=C1Oc2c(ccc3ccccc23)C2=C[C@H](c3ccccc3)[C@@H]3C(=O)N(c4cccc5ccccc45)C(=O)[C@@H]3[C@@H]12. The second-order valence-corrected chi connectivity index (χ2v) is 10.7. The predicted octanol–water partition coefficient (Wildman–Crippen LogP) is 6.51. The van der Waals surface area contributed by atoms with Crippen LogP contribution in [0, 0.1) is 17.8 Å². The Hall–Kier alpha value is -5.03. The van der Waals surface area contributed by atoms with E-state index in [1.807, 2.05) is 115 Å². The molecule has 3 aliphatic rings. The highest BCUT2D eigenvalue weighted by atomic mass is 16.5. The van der Waals surface area contributed by atoms with Gasteiger partial charge in [0.2, 0.25) is 11.8 Å². The van der Waals surface area contributed by atoms with Gasteiger partial charge in [0.25, 0.3) is 0 Å². The van der Waals surface area contributed by atoms with Crippen molar-refractivity contribution < 1.29 is 19.1 Å². The van der Waals surface area contributed by atoms with Crippen molar-refractivity contribution in [2.75, 3.05) is 4.90 Å². The molecule has 5 nitrogen and oxygen atoms in total. The monoisotopic (exact) mass is 521 g/mol. The van der Waals surface area contributed by atoms with Gasteiger partial charge in [-0.2, -0.15) is 0 Å². The molecule has 1 saturated heterocycles. The van der Waals surface area contributed by atoms with Crippen LogP contribution in [0.3, 0.4) is 0 Å². The van der Waals surface area contributed by atoms with Crippen molar-refractivity contribution in [1.82, 2.24) is 0 Å². The molecule has 1 aliphatic carbocycles. The van der Waals surface area contributed by atoms with Crippen molar-refractivity contribution in [3.63, 3.8) is 0 Å². The van der Waals surface area contributed by atoms with E-state index in [0.29, 0.717) is 11.4 Å². The molecule has 2 heterocycles. The van der Waals surface area contributed by atoms with Crippen LogP contribution in [0.2, 0.25) is 0 Å². The Bertz CT molecular complexity index is 1920. The number of hydrogen-bond acceptors (Lipinski definition) is 4. The van der Waals surface area contributed by atoms with Crippen LogP contribution < -0.4 is 9.64 Å². The number of fused-ring (bicyclic) bond motifs is 8. The zero-order valence-electron chi connectivity index (χ0n) is 21.4. The molecular formula is C35H23NO4. The van der Waals surface area contributed by atoms with Crippen LogP contribution in [0.25, 0.3) is 27.1 Å². The molecular weight excluding hydrogens is 498 g/mol. The third-order valence-electron chi connectivity index (χ3n) is 8.68. The number of carbonyl (C=O) groups is 3. The summed E-state index contributed by atoms with van der Waals surface area (Å²) < 4.78 is 6.00. The van der Waals surface area contributed by atoms with E-state index in [1.54, 1.807) is 0 Å². The second kappa shape index (κ2) is 8.48. The van der Waals surface area contributed by atoms with Gasteiger partial charge in [-0.3, -0.25) is 14.4 Å². The van der Waals surface area contributed by atoms with Crippen molar-refractivity contribution >= 4 is 50.6 Å². The number of benzene rings is 5. The Kier molecular flexibility index (Phi) is 4.86. The van der Waals surface area contributed by atoms with Crippen LogP contribution in [-0.4, -0.2) is 17.8 Å². The van der Waals surface area contributed by atoms with Crippen LogP contribution in [0.1, 0.15) is 17.0 Å². The topological polar surface area (TPSA) is 63.7 Å².